The summed E-state index contributed by atoms with van der Waals surface area (Å²) in [6, 6.07) is 5.83. The predicted molar refractivity (Wildman–Crippen MR) is 64.9 cm³/mol. The number of hydrogen-bond acceptors (Lipinski definition) is 2. The second-order valence-electron chi connectivity index (χ2n) is 3.41. The van der Waals surface area contributed by atoms with Gasteiger partial charge in [-0.25, -0.2) is 0 Å². The van der Waals surface area contributed by atoms with Gasteiger partial charge in [0.25, 0.3) is 0 Å². The number of benzene rings is 1. The van der Waals surface area contributed by atoms with Gasteiger partial charge >= 0.3 is 0 Å². The molecule has 1 aromatic rings. The van der Waals surface area contributed by atoms with E-state index in [1.165, 1.54) is 0 Å². The van der Waals surface area contributed by atoms with Gasteiger partial charge in [-0.15, -0.1) is 0 Å². The average molecular weight is 228 g/mol. The largest absolute Gasteiger partial charge is 0.494 e. The van der Waals surface area contributed by atoms with Crippen molar-refractivity contribution < 1.29 is 4.74 Å². The first-order chi connectivity index (χ1) is 7.27. The van der Waals surface area contributed by atoms with E-state index >= 15 is 0 Å². The zero-order valence-electron chi connectivity index (χ0n) is 9.35. The number of hydrogen-bond donors (Lipinski definition) is 1. The summed E-state index contributed by atoms with van der Waals surface area (Å²) in [7, 11) is 1.94. The fourth-order valence-corrected chi connectivity index (χ4v) is 1.60. The van der Waals surface area contributed by atoms with Crippen molar-refractivity contribution in [3.8, 4) is 5.75 Å². The number of rotatable bonds is 6. The van der Waals surface area contributed by atoms with Crippen LogP contribution in [0.2, 0.25) is 5.02 Å². The molecule has 0 atom stereocenters. The Labute approximate surface area is 96.6 Å². The second-order valence-corrected chi connectivity index (χ2v) is 3.82. The van der Waals surface area contributed by atoms with Crippen LogP contribution in [0.25, 0.3) is 0 Å². The Bertz CT molecular complexity index is 302. The van der Waals surface area contributed by atoms with E-state index in [1.54, 1.807) is 0 Å². The number of ether oxygens (including phenoxy) is 1. The molecule has 1 N–H and O–H groups in total. The Morgan fingerprint density at radius 1 is 1.40 bits per heavy atom. The molecule has 15 heavy (non-hydrogen) atoms. The van der Waals surface area contributed by atoms with Gasteiger partial charge < -0.3 is 10.1 Å². The van der Waals surface area contributed by atoms with Crippen LogP contribution in [0.5, 0.6) is 5.75 Å². The van der Waals surface area contributed by atoms with Crippen molar-refractivity contribution in [1.29, 1.82) is 0 Å². The smallest absolute Gasteiger partial charge is 0.119 e. The van der Waals surface area contributed by atoms with Crippen LogP contribution in [-0.2, 0) is 6.42 Å². The second kappa shape index (κ2) is 6.70. The third kappa shape index (κ3) is 4.10. The van der Waals surface area contributed by atoms with Crippen molar-refractivity contribution in [1.82, 2.24) is 5.32 Å². The number of halogens is 1. The average Bonchev–Trinajstić information content (AvgIpc) is 2.26. The fourth-order valence-electron chi connectivity index (χ4n) is 1.35. The van der Waals surface area contributed by atoms with Gasteiger partial charge in [-0.2, -0.15) is 0 Å². The van der Waals surface area contributed by atoms with E-state index in [0.29, 0.717) is 0 Å². The minimum Gasteiger partial charge on any atom is -0.494 e. The van der Waals surface area contributed by atoms with Crippen molar-refractivity contribution in [2.75, 3.05) is 20.2 Å². The first-order valence-electron chi connectivity index (χ1n) is 5.33. The van der Waals surface area contributed by atoms with E-state index in [4.69, 9.17) is 16.3 Å². The number of nitrogens with one attached hydrogen (secondary N) is 1. The van der Waals surface area contributed by atoms with E-state index in [0.717, 1.165) is 42.3 Å². The van der Waals surface area contributed by atoms with E-state index in [-0.39, 0.29) is 0 Å². The van der Waals surface area contributed by atoms with Gasteiger partial charge in [-0.1, -0.05) is 18.5 Å². The van der Waals surface area contributed by atoms with Gasteiger partial charge in [-0.3, -0.25) is 0 Å². The number of aryl methyl sites for hydroxylation is 1. The fraction of sp³-hybridized carbons (Fsp3) is 0.500. The summed E-state index contributed by atoms with van der Waals surface area (Å²) in [5, 5.41) is 3.90. The predicted octanol–water partition coefficient (Wildman–Crippen LogP) is 2.89. The van der Waals surface area contributed by atoms with Crippen molar-refractivity contribution in [2.24, 2.45) is 0 Å². The first-order valence-corrected chi connectivity index (χ1v) is 5.71. The molecule has 84 valence electrons. The maximum atomic E-state index is 6.01. The highest BCUT2D eigenvalue weighted by Gasteiger charge is 2.00. The molecule has 0 saturated carbocycles. The van der Waals surface area contributed by atoms with E-state index in [2.05, 4.69) is 12.2 Å². The minimum absolute atomic E-state index is 0.742. The molecule has 0 bridgehead atoms. The molecule has 3 heteroatoms. The van der Waals surface area contributed by atoms with Crippen LogP contribution < -0.4 is 10.1 Å². The van der Waals surface area contributed by atoms with Crippen molar-refractivity contribution in [3.63, 3.8) is 0 Å². The van der Waals surface area contributed by atoms with Crippen LogP contribution in [0.15, 0.2) is 18.2 Å². The first kappa shape index (κ1) is 12.3. The lowest BCUT2D eigenvalue weighted by Crippen LogP contribution is -2.11. The Morgan fingerprint density at radius 3 is 2.87 bits per heavy atom. The quantitative estimate of drug-likeness (QED) is 0.755. The molecule has 0 saturated heterocycles. The minimum atomic E-state index is 0.742. The molecule has 0 aromatic heterocycles. The molecule has 0 spiro atoms. The monoisotopic (exact) mass is 227 g/mol. The Hall–Kier alpha value is -0.730. The summed E-state index contributed by atoms with van der Waals surface area (Å²) in [4.78, 5) is 0. The topological polar surface area (TPSA) is 21.3 Å². The molecule has 1 aromatic carbocycles. The van der Waals surface area contributed by atoms with E-state index in [1.807, 2.05) is 25.2 Å². The van der Waals surface area contributed by atoms with Crippen LogP contribution in [0.4, 0.5) is 0 Å². The zero-order valence-corrected chi connectivity index (χ0v) is 10.1. The van der Waals surface area contributed by atoms with Gasteiger partial charge in [0, 0.05) is 5.02 Å². The maximum Gasteiger partial charge on any atom is 0.119 e. The lowest BCUT2D eigenvalue weighted by Gasteiger charge is -2.08. The molecule has 0 aliphatic heterocycles. The third-order valence-electron chi connectivity index (χ3n) is 2.24. The highest BCUT2D eigenvalue weighted by molar-refractivity contribution is 6.31. The molecule has 0 aliphatic carbocycles. The Morgan fingerprint density at radius 2 is 2.20 bits per heavy atom. The lowest BCUT2D eigenvalue weighted by molar-refractivity contribution is 0.309. The molecule has 0 heterocycles. The molecule has 1 rings (SSSR count). The summed E-state index contributed by atoms with van der Waals surface area (Å²) in [5.41, 5.74) is 1.14. The zero-order chi connectivity index (χ0) is 11.1. The van der Waals surface area contributed by atoms with Crippen LogP contribution in [0.3, 0.4) is 0 Å². The summed E-state index contributed by atoms with van der Waals surface area (Å²) in [6.45, 7) is 3.81. The molecule has 0 aliphatic rings. The molecular weight excluding hydrogens is 210 g/mol. The van der Waals surface area contributed by atoms with Gasteiger partial charge in [0.05, 0.1) is 6.61 Å². The summed E-state index contributed by atoms with van der Waals surface area (Å²) in [6.07, 6.45) is 1.95. The molecule has 0 amide bonds. The molecular formula is C12H18ClNO. The van der Waals surface area contributed by atoms with Crippen LogP contribution in [0, 0.1) is 0 Å². The summed E-state index contributed by atoms with van der Waals surface area (Å²) < 4.78 is 5.61. The van der Waals surface area contributed by atoms with Crippen molar-refractivity contribution in [2.45, 2.75) is 19.8 Å². The van der Waals surface area contributed by atoms with Gasteiger partial charge in [0.2, 0.25) is 0 Å². The maximum absolute atomic E-state index is 6.01. The third-order valence-corrected chi connectivity index (χ3v) is 2.61. The Kier molecular flexibility index (Phi) is 5.51. The normalized spacial score (nSPS) is 10.3. The van der Waals surface area contributed by atoms with Crippen molar-refractivity contribution >= 4 is 11.6 Å². The molecule has 0 unspecified atom stereocenters. The van der Waals surface area contributed by atoms with Crippen LogP contribution >= 0.6 is 11.6 Å². The van der Waals surface area contributed by atoms with Crippen LogP contribution in [0.1, 0.15) is 18.9 Å². The Balaban J connectivity index is 2.47. The molecule has 0 fully saturated rings. The van der Waals surface area contributed by atoms with Crippen LogP contribution in [-0.4, -0.2) is 20.2 Å². The standard InChI is InChI=1S/C12H18ClNO/c1-3-10-9-11(5-6-12(10)13)15-8-4-7-14-2/h5-6,9,14H,3-4,7-8H2,1-2H3. The molecule has 0 radical (unpaired) electrons. The lowest BCUT2D eigenvalue weighted by atomic mass is 10.1. The highest BCUT2D eigenvalue weighted by Crippen LogP contribution is 2.22. The van der Waals surface area contributed by atoms with E-state index < -0.39 is 0 Å². The van der Waals surface area contributed by atoms with Crippen molar-refractivity contribution in [3.05, 3.63) is 28.8 Å². The van der Waals surface area contributed by atoms with Gasteiger partial charge in [0.1, 0.15) is 5.75 Å². The van der Waals surface area contributed by atoms with Gasteiger partial charge in [0.15, 0.2) is 0 Å². The molecule has 2 nitrogen and oxygen atoms in total. The van der Waals surface area contributed by atoms with E-state index in [9.17, 15) is 0 Å². The highest BCUT2D eigenvalue weighted by atomic mass is 35.5. The van der Waals surface area contributed by atoms with Gasteiger partial charge in [-0.05, 0) is 50.2 Å². The SMILES string of the molecule is CCc1cc(OCCCNC)ccc1Cl. The summed E-state index contributed by atoms with van der Waals surface area (Å²) in [5.74, 6) is 0.910. The summed E-state index contributed by atoms with van der Waals surface area (Å²) >= 11 is 6.01.